The maximum atomic E-state index is 13.2. The Balaban J connectivity index is 1.72. The molecule has 1 saturated carbocycles. The first kappa shape index (κ1) is 19.7. The minimum Gasteiger partial charge on any atom is -0.494 e. The molecule has 29 heavy (non-hydrogen) atoms. The fourth-order valence-corrected chi connectivity index (χ4v) is 4.73. The van der Waals surface area contributed by atoms with E-state index in [1.54, 1.807) is 0 Å². The highest BCUT2D eigenvalue weighted by molar-refractivity contribution is 6.03. The van der Waals surface area contributed by atoms with Gasteiger partial charge in [-0.2, -0.15) is 0 Å². The van der Waals surface area contributed by atoms with Crippen molar-refractivity contribution in [3.63, 3.8) is 0 Å². The molecule has 154 valence electrons. The number of carbonyl (C=O) groups is 2. The van der Waals surface area contributed by atoms with E-state index in [9.17, 15) is 9.59 Å². The molecule has 0 bridgehead atoms. The SMILES string of the molecule is CCOc1ccc(C2C(C(=O)OC3CCCC3)=C(C)NC3=C2C(=O)CCC3)cc1. The standard InChI is InChI=1S/C24H29NO4/c1-3-28-17-13-11-16(12-14-17)22-21(24(27)29-18-7-4-5-8-18)15(2)25-19-9-6-10-20(26)23(19)22/h11-14,18,22,25H,3-10H2,1-2H3. The molecule has 0 amide bonds. The third-order valence-electron chi connectivity index (χ3n) is 6.10. The zero-order chi connectivity index (χ0) is 20.4. The van der Waals surface area contributed by atoms with Gasteiger partial charge in [0, 0.05) is 29.3 Å². The average molecular weight is 395 g/mol. The van der Waals surface area contributed by atoms with Crippen LogP contribution in [0.15, 0.2) is 46.8 Å². The molecule has 0 spiro atoms. The monoisotopic (exact) mass is 395 g/mol. The number of Topliss-reactive ketones (excluding diaryl/α,β-unsaturated/α-hetero) is 1. The number of rotatable bonds is 5. The van der Waals surface area contributed by atoms with E-state index in [4.69, 9.17) is 9.47 Å². The summed E-state index contributed by atoms with van der Waals surface area (Å²) in [6.45, 7) is 4.45. The highest BCUT2D eigenvalue weighted by atomic mass is 16.5. The van der Waals surface area contributed by atoms with Crippen LogP contribution in [0, 0.1) is 0 Å². The summed E-state index contributed by atoms with van der Waals surface area (Å²) in [5.74, 6) is 0.218. The number of allylic oxidation sites excluding steroid dienone is 3. The number of hydrogen-bond donors (Lipinski definition) is 1. The van der Waals surface area contributed by atoms with E-state index >= 15 is 0 Å². The maximum Gasteiger partial charge on any atom is 0.337 e. The van der Waals surface area contributed by atoms with Crippen LogP contribution in [0.2, 0.25) is 0 Å². The Labute approximate surface area is 172 Å². The maximum absolute atomic E-state index is 13.2. The Bertz CT molecular complexity index is 859. The van der Waals surface area contributed by atoms with Gasteiger partial charge in [-0.15, -0.1) is 0 Å². The van der Waals surface area contributed by atoms with E-state index in [2.05, 4.69) is 5.32 Å². The predicted molar refractivity (Wildman–Crippen MR) is 110 cm³/mol. The summed E-state index contributed by atoms with van der Waals surface area (Å²) in [6.07, 6.45) is 6.23. The quantitative estimate of drug-likeness (QED) is 0.742. The molecule has 5 nitrogen and oxygen atoms in total. The first-order valence-corrected chi connectivity index (χ1v) is 10.8. The number of carbonyl (C=O) groups excluding carboxylic acids is 2. The second kappa shape index (κ2) is 8.44. The molecule has 3 aliphatic rings. The largest absolute Gasteiger partial charge is 0.494 e. The lowest BCUT2D eigenvalue weighted by molar-refractivity contribution is -0.144. The molecule has 1 fully saturated rings. The van der Waals surface area contributed by atoms with Crippen molar-refractivity contribution >= 4 is 11.8 Å². The molecule has 5 heteroatoms. The van der Waals surface area contributed by atoms with Gasteiger partial charge in [0.15, 0.2) is 5.78 Å². The normalized spacial score (nSPS) is 22.4. The number of dihydropyridines is 1. The summed E-state index contributed by atoms with van der Waals surface area (Å²) in [4.78, 5) is 26.1. The zero-order valence-corrected chi connectivity index (χ0v) is 17.3. The third kappa shape index (κ3) is 3.96. The number of hydrogen-bond acceptors (Lipinski definition) is 5. The first-order valence-electron chi connectivity index (χ1n) is 10.8. The van der Waals surface area contributed by atoms with Crippen molar-refractivity contribution < 1.29 is 19.1 Å². The van der Waals surface area contributed by atoms with Crippen molar-refractivity contribution in [1.29, 1.82) is 0 Å². The molecule has 1 aromatic carbocycles. The highest BCUT2D eigenvalue weighted by Gasteiger charge is 2.39. The van der Waals surface area contributed by atoms with Gasteiger partial charge in [-0.3, -0.25) is 4.79 Å². The summed E-state index contributed by atoms with van der Waals surface area (Å²) in [5.41, 5.74) is 3.96. The fourth-order valence-electron chi connectivity index (χ4n) is 4.73. The lowest BCUT2D eigenvalue weighted by atomic mass is 9.75. The first-order chi connectivity index (χ1) is 14.1. The minimum atomic E-state index is -0.386. The molecule has 1 heterocycles. The molecule has 2 aliphatic carbocycles. The molecular formula is C24H29NO4. The van der Waals surface area contributed by atoms with Crippen LogP contribution in [-0.2, 0) is 14.3 Å². The second-order valence-electron chi connectivity index (χ2n) is 8.08. The molecule has 1 atom stereocenters. The number of benzene rings is 1. The van der Waals surface area contributed by atoms with Gasteiger partial charge < -0.3 is 14.8 Å². The predicted octanol–water partition coefficient (Wildman–Crippen LogP) is 4.54. The highest BCUT2D eigenvalue weighted by Crippen LogP contribution is 2.43. The van der Waals surface area contributed by atoms with Gasteiger partial charge in [-0.1, -0.05) is 12.1 Å². The molecule has 1 aliphatic heterocycles. The van der Waals surface area contributed by atoms with Crippen molar-refractivity contribution in [3.8, 4) is 5.75 Å². The van der Waals surface area contributed by atoms with E-state index in [0.29, 0.717) is 18.6 Å². The Kier molecular flexibility index (Phi) is 5.74. The Morgan fingerprint density at radius 2 is 1.83 bits per heavy atom. The summed E-state index contributed by atoms with van der Waals surface area (Å²) in [6, 6.07) is 7.74. The topological polar surface area (TPSA) is 64.6 Å². The van der Waals surface area contributed by atoms with E-state index in [1.807, 2.05) is 38.1 Å². The lowest BCUT2D eigenvalue weighted by Crippen LogP contribution is -2.35. The Morgan fingerprint density at radius 1 is 1.10 bits per heavy atom. The van der Waals surface area contributed by atoms with Crippen molar-refractivity contribution in [2.45, 2.75) is 70.8 Å². The fraction of sp³-hybridized carbons (Fsp3) is 0.500. The van der Waals surface area contributed by atoms with Gasteiger partial charge in [0.25, 0.3) is 0 Å². The molecular weight excluding hydrogens is 366 g/mol. The summed E-state index contributed by atoms with van der Waals surface area (Å²) in [7, 11) is 0. The number of nitrogens with one attached hydrogen (secondary N) is 1. The van der Waals surface area contributed by atoms with Gasteiger partial charge >= 0.3 is 5.97 Å². The lowest BCUT2D eigenvalue weighted by Gasteiger charge is -2.34. The van der Waals surface area contributed by atoms with E-state index in [0.717, 1.165) is 66.8 Å². The van der Waals surface area contributed by atoms with Crippen LogP contribution in [-0.4, -0.2) is 24.5 Å². The molecule has 0 aromatic heterocycles. The molecule has 0 radical (unpaired) electrons. The van der Waals surface area contributed by atoms with Gasteiger partial charge in [-0.25, -0.2) is 4.79 Å². The molecule has 1 aromatic rings. The van der Waals surface area contributed by atoms with Gasteiger partial charge in [0.1, 0.15) is 11.9 Å². The molecule has 0 saturated heterocycles. The number of ketones is 1. The summed E-state index contributed by atoms with van der Waals surface area (Å²) in [5, 5.41) is 3.35. The van der Waals surface area contributed by atoms with Crippen LogP contribution in [0.3, 0.4) is 0 Å². The van der Waals surface area contributed by atoms with Gasteiger partial charge in [-0.05, 0) is 70.1 Å². The van der Waals surface area contributed by atoms with Gasteiger partial charge in [0.05, 0.1) is 12.2 Å². The second-order valence-corrected chi connectivity index (χ2v) is 8.08. The molecule has 1 unspecified atom stereocenters. The van der Waals surface area contributed by atoms with Crippen molar-refractivity contribution in [2.24, 2.45) is 0 Å². The number of esters is 1. The third-order valence-corrected chi connectivity index (χ3v) is 6.10. The average Bonchev–Trinajstić information content (AvgIpc) is 3.21. The van der Waals surface area contributed by atoms with Crippen molar-refractivity contribution in [1.82, 2.24) is 5.32 Å². The van der Waals surface area contributed by atoms with Crippen LogP contribution in [0.1, 0.15) is 70.3 Å². The van der Waals surface area contributed by atoms with E-state index in [-0.39, 0.29) is 23.8 Å². The van der Waals surface area contributed by atoms with Crippen LogP contribution < -0.4 is 10.1 Å². The van der Waals surface area contributed by atoms with E-state index in [1.165, 1.54) is 0 Å². The number of ether oxygens (including phenoxy) is 2. The molecule has 4 rings (SSSR count). The van der Waals surface area contributed by atoms with Crippen LogP contribution in [0.4, 0.5) is 0 Å². The van der Waals surface area contributed by atoms with Crippen LogP contribution >= 0.6 is 0 Å². The Morgan fingerprint density at radius 3 is 2.52 bits per heavy atom. The van der Waals surface area contributed by atoms with E-state index < -0.39 is 0 Å². The smallest absolute Gasteiger partial charge is 0.337 e. The van der Waals surface area contributed by atoms with Crippen molar-refractivity contribution in [3.05, 3.63) is 52.4 Å². The van der Waals surface area contributed by atoms with Crippen LogP contribution in [0.25, 0.3) is 0 Å². The van der Waals surface area contributed by atoms with Crippen molar-refractivity contribution in [2.75, 3.05) is 6.61 Å². The zero-order valence-electron chi connectivity index (χ0n) is 17.3. The minimum absolute atomic E-state index is 0.0128. The summed E-state index contributed by atoms with van der Waals surface area (Å²) >= 11 is 0. The summed E-state index contributed by atoms with van der Waals surface area (Å²) < 4.78 is 11.4. The Hall–Kier alpha value is -2.56. The molecule has 1 N–H and O–H groups in total. The van der Waals surface area contributed by atoms with Gasteiger partial charge in [0.2, 0.25) is 0 Å². The van der Waals surface area contributed by atoms with Crippen LogP contribution in [0.5, 0.6) is 5.75 Å².